The van der Waals surface area contributed by atoms with Gasteiger partial charge in [0.15, 0.2) is 0 Å². The van der Waals surface area contributed by atoms with Gasteiger partial charge >= 0.3 is 0 Å². The first kappa shape index (κ1) is 9.84. The molecule has 1 aliphatic rings. The molecule has 0 saturated heterocycles. The number of rotatable bonds is 2. The van der Waals surface area contributed by atoms with Crippen LogP contribution >= 0.6 is 15.9 Å². The van der Waals surface area contributed by atoms with Crippen LogP contribution in [-0.2, 0) is 0 Å². The average Bonchev–Trinajstić information content (AvgIpc) is 2.09. The Hall–Kier alpha value is -0.700. The SMILES string of the molecule is CC1CC(Nc2cc(Br)ccc2N)C1. The number of nitrogens with two attached hydrogens (primary N) is 1. The highest BCUT2D eigenvalue weighted by molar-refractivity contribution is 9.10. The van der Waals surface area contributed by atoms with Crippen molar-refractivity contribution in [3.63, 3.8) is 0 Å². The molecule has 0 aliphatic heterocycles. The largest absolute Gasteiger partial charge is 0.397 e. The van der Waals surface area contributed by atoms with E-state index in [1.807, 2.05) is 18.2 Å². The lowest BCUT2D eigenvalue weighted by Gasteiger charge is -2.34. The summed E-state index contributed by atoms with van der Waals surface area (Å²) in [4.78, 5) is 0. The summed E-state index contributed by atoms with van der Waals surface area (Å²) in [7, 11) is 0. The molecule has 0 amide bonds. The second-order valence-electron chi connectivity index (χ2n) is 4.15. The van der Waals surface area contributed by atoms with E-state index in [0.717, 1.165) is 21.8 Å². The van der Waals surface area contributed by atoms with Crippen molar-refractivity contribution in [2.45, 2.75) is 25.8 Å². The molecule has 0 aromatic heterocycles. The molecule has 1 aliphatic carbocycles. The Kier molecular flexibility index (Phi) is 2.68. The molecule has 0 bridgehead atoms. The van der Waals surface area contributed by atoms with Crippen LogP contribution in [0, 0.1) is 5.92 Å². The Labute approximate surface area is 93.0 Å². The third kappa shape index (κ3) is 2.03. The second kappa shape index (κ2) is 3.81. The van der Waals surface area contributed by atoms with Gasteiger partial charge in [-0.05, 0) is 37.0 Å². The molecule has 76 valence electrons. The Morgan fingerprint density at radius 1 is 1.43 bits per heavy atom. The minimum Gasteiger partial charge on any atom is -0.397 e. The van der Waals surface area contributed by atoms with Gasteiger partial charge in [0.1, 0.15) is 0 Å². The van der Waals surface area contributed by atoms with Crippen molar-refractivity contribution in [1.29, 1.82) is 0 Å². The molecular weight excluding hydrogens is 240 g/mol. The molecule has 1 fully saturated rings. The summed E-state index contributed by atoms with van der Waals surface area (Å²) in [6.07, 6.45) is 2.51. The predicted molar refractivity (Wildman–Crippen MR) is 64.4 cm³/mol. The third-order valence-electron chi connectivity index (χ3n) is 2.75. The fraction of sp³-hybridized carbons (Fsp3) is 0.455. The van der Waals surface area contributed by atoms with Gasteiger partial charge in [-0.15, -0.1) is 0 Å². The molecule has 0 unspecified atom stereocenters. The van der Waals surface area contributed by atoms with E-state index in [0.29, 0.717) is 6.04 Å². The van der Waals surface area contributed by atoms with E-state index in [4.69, 9.17) is 5.73 Å². The van der Waals surface area contributed by atoms with Crippen molar-refractivity contribution in [3.05, 3.63) is 22.7 Å². The zero-order chi connectivity index (χ0) is 10.1. The number of anilines is 2. The Balaban J connectivity index is 2.05. The highest BCUT2D eigenvalue weighted by Crippen LogP contribution is 2.32. The molecule has 14 heavy (non-hydrogen) atoms. The van der Waals surface area contributed by atoms with E-state index in [1.54, 1.807) is 0 Å². The van der Waals surface area contributed by atoms with E-state index in [-0.39, 0.29) is 0 Å². The normalized spacial score (nSPS) is 25.6. The smallest absolute Gasteiger partial charge is 0.0587 e. The maximum absolute atomic E-state index is 5.87. The van der Waals surface area contributed by atoms with Crippen LogP contribution in [0.15, 0.2) is 22.7 Å². The molecule has 0 heterocycles. The van der Waals surface area contributed by atoms with Gasteiger partial charge in [0.2, 0.25) is 0 Å². The summed E-state index contributed by atoms with van der Waals surface area (Å²) in [6, 6.07) is 6.54. The van der Waals surface area contributed by atoms with E-state index < -0.39 is 0 Å². The molecule has 2 nitrogen and oxygen atoms in total. The molecule has 0 atom stereocenters. The standard InChI is InChI=1S/C11H15BrN2/c1-7-4-9(5-7)14-11-6-8(12)2-3-10(11)13/h2-3,6-7,9,14H,4-5,13H2,1H3. The molecule has 3 heteroatoms. The first-order valence-electron chi connectivity index (χ1n) is 4.96. The minimum atomic E-state index is 0.613. The van der Waals surface area contributed by atoms with Crippen LogP contribution < -0.4 is 11.1 Å². The number of nitrogen functional groups attached to an aromatic ring is 1. The molecule has 3 N–H and O–H groups in total. The zero-order valence-corrected chi connectivity index (χ0v) is 9.84. The number of halogens is 1. The highest BCUT2D eigenvalue weighted by atomic mass is 79.9. The van der Waals surface area contributed by atoms with Crippen molar-refractivity contribution in [3.8, 4) is 0 Å². The molecule has 1 saturated carbocycles. The van der Waals surface area contributed by atoms with Crippen molar-refractivity contribution in [2.24, 2.45) is 5.92 Å². The van der Waals surface area contributed by atoms with Crippen molar-refractivity contribution in [2.75, 3.05) is 11.1 Å². The molecule has 0 radical (unpaired) electrons. The Morgan fingerprint density at radius 2 is 2.14 bits per heavy atom. The van der Waals surface area contributed by atoms with Crippen LogP contribution in [0.5, 0.6) is 0 Å². The van der Waals surface area contributed by atoms with E-state index in [1.165, 1.54) is 12.8 Å². The summed E-state index contributed by atoms with van der Waals surface area (Å²) < 4.78 is 1.07. The minimum absolute atomic E-state index is 0.613. The van der Waals surface area contributed by atoms with Gasteiger partial charge in [0.05, 0.1) is 11.4 Å². The lowest BCUT2D eigenvalue weighted by Crippen LogP contribution is -2.33. The third-order valence-corrected chi connectivity index (χ3v) is 3.24. The van der Waals surface area contributed by atoms with E-state index in [2.05, 4.69) is 28.2 Å². The fourth-order valence-electron chi connectivity index (χ4n) is 1.89. The van der Waals surface area contributed by atoms with Crippen LogP contribution in [0.4, 0.5) is 11.4 Å². The molecule has 0 spiro atoms. The summed E-state index contributed by atoms with van der Waals surface area (Å²) in [5, 5.41) is 3.46. The number of hydrogen-bond acceptors (Lipinski definition) is 2. The lowest BCUT2D eigenvalue weighted by molar-refractivity contribution is 0.309. The first-order chi connectivity index (χ1) is 6.65. The van der Waals surface area contributed by atoms with Crippen LogP contribution in [-0.4, -0.2) is 6.04 Å². The van der Waals surface area contributed by atoms with Gasteiger partial charge in [-0.1, -0.05) is 22.9 Å². The van der Waals surface area contributed by atoms with Crippen molar-refractivity contribution >= 4 is 27.3 Å². The number of nitrogens with one attached hydrogen (secondary N) is 1. The fourth-order valence-corrected chi connectivity index (χ4v) is 2.25. The number of hydrogen-bond donors (Lipinski definition) is 2. The average molecular weight is 255 g/mol. The van der Waals surface area contributed by atoms with Gasteiger partial charge in [-0.3, -0.25) is 0 Å². The van der Waals surface area contributed by atoms with Gasteiger partial charge in [-0.25, -0.2) is 0 Å². The number of benzene rings is 1. The summed E-state index contributed by atoms with van der Waals surface area (Å²) in [5.41, 5.74) is 7.75. The quantitative estimate of drug-likeness (QED) is 0.796. The van der Waals surface area contributed by atoms with Crippen LogP contribution in [0.2, 0.25) is 0 Å². The lowest BCUT2D eigenvalue weighted by atomic mass is 9.82. The van der Waals surface area contributed by atoms with Gasteiger partial charge in [0, 0.05) is 10.5 Å². The van der Waals surface area contributed by atoms with Crippen molar-refractivity contribution in [1.82, 2.24) is 0 Å². The second-order valence-corrected chi connectivity index (χ2v) is 5.07. The topological polar surface area (TPSA) is 38.0 Å². The summed E-state index contributed by atoms with van der Waals surface area (Å²) >= 11 is 3.44. The van der Waals surface area contributed by atoms with Gasteiger partial charge < -0.3 is 11.1 Å². The van der Waals surface area contributed by atoms with Crippen molar-refractivity contribution < 1.29 is 0 Å². The predicted octanol–water partition coefficient (Wildman–Crippen LogP) is 3.24. The highest BCUT2D eigenvalue weighted by Gasteiger charge is 2.25. The van der Waals surface area contributed by atoms with E-state index >= 15 is 0 Å². The summed E-state index contributed by atoms with van der Waals surface area (Å²) in [5.74, 6) is 0.862. The zero-order valence-electron chi connectivity index (χ0n) is 8.26. The van der Waals surface area contributed by atoms with E-state index in [9.17, 15) is 0 Å². The molecular formula is C11H15BrN2. The molecule has 2 rings (SSSR count). The van der Waals surface area contributed by atoms with Gasteiger partial charge in [0.25, 0.3) is 0 Å². The maximum Gasteiger partial charge on any atom is 0.0587 e. The molecule has 1 aromatic carbocycles. The summed E-state index contributed by atoms with van der Waals surface area (Å²) in [6.45, 7) is 2.28. The van der Waals surface area contributed by atoms with Crippen LogP contribution in [0.1, 0.15) is 19.8 Å². The van der Waals surface area contributed by atoms with Crippen LogP contribution in [0.3, 0.4) is 0 Å². The molecule has 1 aromatic rings. The first-order valence-corrected chi connectivity index (χ1v) is 5.76. The maximum atomic E-state index is 5.87. The Morgan fingerprint density at radius 3 is 2.79 bits per heavy atom. The van der Waals surface area contributed by atoms with Crippen LogP contribution in [0.25, 0.3) is 0 Å². The Bertz CT molecular complexity index is 332. The monoisotopic (exact) mass is 254 g/mol. The van der Waals surface area contributed by atoms with Gasteiger partial charge in [-0.2, -0.15) is 0 Å².